The highest BCUT2D eigenvalue weighted by atomic mass is 16.5. The first-order valence-corrected chi connectivity index (χ1v) is 8.99. The molecule has 2 N–H and O–H groups in total. The molecule has 0 fully saturated rings. The van der Waals surface area contributed by atoms with Crippen molar-refractivity contribution in [3.05, 3.63) is 59.8 Å². The number of hydrazone groups is 1. The van der Waals surface area contributed by atoms with E-state index >= 15 is 0 Å². The van der Waals surface area contributed by atoms with Crippen LogP contribution in [0.15, 0.2) is 53.6 Å². The lowest BCUT2D eigenvalue weighted by atomic mass is 10.1. The Labute approximate surface area is 168 Å². The van der Waals surface area contributed by atoms with E-state index in [0.717, 1.165) is 5.56 Å². The first-order valence-electron chi connectivity index (χ1n) is 8.99. The second kappa shape index (κ2) is 9.41. The molecule has 0 atom stereocenters. The summed E-state index contributed by atoms with van der Waals surface area (Å²) in [6.07, 6.45) is 1.53. The average molecular weight is 394 g/mol. The number of aromatic amines is 1. The van der Waals surface area contributed by atoms with E-state index in [1.54, 1.807) is 38.5 Å². The number of carbonyl (C=O) groups excluding carboxylic acids is 1. The molecular weight excluding hydrogens is 372 g/mol. The maximum absolute atomic E-state index is 12.4. The summed E-state index contributed by atoms with van der Waals surface area (Å²) in [5.41, 5.74) is 4.77. The van der Waals surface area contributed by atoms with Crippen LogP contribution < -0.4 is 19.6 Å². The maximum Gasteiger partial charge on any atom is 0.289 e. The van der Waals surface area contributed by atoms with Crippen LogP contribution in [0.25, 0.3) is 11.3 Å². The summed E-state index contributed by atoms with van der Waals surface area (Å²) in [6.45, 7) is 2.45. The molecule has 1 amide bonds. The van der Waals surface area contributed by atoms with Gasteiger partial charge in [-0.15, -0.1) is 0 Å². The summed E-state index contributed by atoms with van der Waals surface area (Å²) in [5, 5.41) is 10.9. The summed E-state index contributed by atoms with van der Waals surface area (Å²) in [6, 6.07) is 14.4. The lowest BCUT2D eigenvalue weighted by molar-refractivity contribution is 0.0950. The zero-order chi connectivity index (χ0) is 20.6. The molecule has 150 valence electrons. The summed E-state index contributed by atoms with van der Waals surface area (Å²) in [4.78, 5) is 12.4. The molecule has 8 heteroatoms. The van der Waals surface area contributed by atoms with Gasteiger partial charge in [0.15, 0.2) is 0 Å². The molecular formula is C21H22N4O4. The Morgan fingerprint density at radius 2 is 1.97 bits per heavy atom. The fraction of sp³-hybridized carbons (Fsp3) is 0.190. The molecule has 0 bridgehead atoms. The lowest BCUT2D eigenvalue weighted by Crippen LogP contribution is -2.18. The molecule has 1 heterocycles. The predicted octanol–water partition coefficient (Wildman–Crippen LogP) is 3.26. The molecule has 3 aromatic rings. The van der Waals surface area contributed by atoms with E-state index in [2.05, 4.69) is 20.7 Å². The average Bonchev–Trinajstić information content (AvgIpc) is 3.25. The van der Waals surface area contributed by atoms with Gasteiger partial charge in [-0.1, -0.05) is 12.1 Å². The van der Waals surface area contributed by atoms with E-state index in [0.29, 0.717) is 35.1 Å². The van der Waals surface area contributed by atoms with Gasteiger partial charge in [0.1, 0.15) is 22.9 Å². The topological polar surface area (TPSA) is 97.8 Å². The molecule has 2 aromatic carbocycles. The highest BCUT2D eigenvalue weighted by Gasteiger charge is 2.14. The first kappa shape index (κ1) is 19.9. The van der Waals surface area contributed by atoms with Crippen LogP contribution in [0.5, 0.6) is 17.2 Å². The number of aromatic nitrogens is 2. The number of amides is 1. The minimum absolute atomic E-state index is 0.264. The Hall–Kier alpha value is -3.81. The van der Waals surface area contributed by atoms with Crippen molar-refractivity contribution in [3.8, 4) is 28.5 Å². The van der Waals surface area contributed by atoms with Gasteiger partial charge in [0.05, 0.1) is 32.7 Å². The summed E-state index contributed by atoms with van der Waals surface area (Å²) in [7, 11) is 3.15. The van der Waals surface area contributed by atoms with Crippen molar-refractivity contribution < 1.29 is 19.0 Å². The molecule has 0 aliphatic carbocycles. The molecule has 1 aromatic heterocycles. The number of nitrogens with one attached hydrogen (secondary N) is 2. The smallest absolute Gasteiger partial charge is 0.289 e. The number of rotatable bonds is 8. The summed E-state index contributed by atoms with van der Waals surface area (Å²) in [5.74, 6) is 1.56. The first-order chi connectivity index (χ1) is 14.2. The van der Waals surface area contributed by atoms with Crippen LogP contribution in [0, 0.1) is 0 Å². The monoisotopic (exact) mass is 394 g/mol. The zero-order valence-electron chi connectivity index (χ0n) is 16.4. The van der Waals surface area contributed by atoms with Crippen molar-refractivity contribution in [3.63, 3.8) is 0 Å². The Balaban J connectivity index is 1.74. The van der Waals surface area contributed by atoms with Gasteiger partial charge in [-0.3, -0.25) is 9.89 Å². The van der Waals surface area contributed by atoms with Gasteiger partial charge >= 0.3 is 0 Å². The van der Waals surface area contributed by atoms with Crippen LogP contribution in [0.4, 0.5) is 0 Å². The van der Waals surface area contributed by atoms with Gasteiger partial charge in [0.25, 0.3) is 5.91 Å². The van der Waals surface area contributed by atoms with Crippen LogP contribution in [-0.2, 0) is 0 Å². The Morgan fingerprint density at radius 1 is 1.14 bits per heavy atom. The second-order valence-corrected chi connectivity index (χ2v) is 5.90. The number of hydrogen-bond acceptors (Lipinski definition) is 6. The zero-order valence-corrected chi connectivity index (χ0v) is 16.4. The third kappa shape index (κ3) is 4.73. The minimum Gasteiger partial charge on any atom is -0.497 e. The Kier molecular flexibility index (Phi) is 6.47. The minimum atomic E-state index is -0.421. The number of para-hydroxylation sites is 1. The van der Waals surface area contributed by atoms with Crippen molar-refractivity contribution in [2.75, 3.05) is 20.8 Å². The van der Waals surface area contributed by atoms with Crippen LogP contribution in [0.2, 0.25) is 0 Å². The number of hydrogen-bond donors (Lipinski definition) is 2. The van der Waals surface area contributed by atoms with E-state index in [9.17, 15) is 4.79 Å². The highest BCUT2D eigenvalue weighted by molar-refractivity contribution is 5.94. The van der Waals surface area contributed by atoms with Crippen LogP contribution >= 0.6 is 0 Å². The second-order valence-electron chi connectivity index (χ2n) is 5.90. The standard InChI is InChI=1S/C21H22N4O4/c1-4-29-19-8-6-5-7-14(19)13-22-25-21(26)18-12-17(23-24-18)16-11-15(27-2)9-10-20(16)28-3/h5-13H,4H2,1-3H3,(H,23,24)(H,25,26). The molecule has 0 saturated heterocycles. The van der Waals surface area contributed by atoms with Gasteiger partial charge in [0.2, 0.25) is 0 Å². The summed E-state index contributed by atoms with van der Waals surface area (Å²) >= 11 is 0. The van der Waals surface area contributed by atoms with Crippen LogP contribution in [0.1, 0.15) is 23.0 Å². The Bertz CT molecular complexity index is 1010. The molecule has 0 aliphatic rings. The number of methoxy groups -OCH3 is 2. The molecule has 0 radical (unpaired) electrons. The molecule has 8 nitrogen and oxygen atoms in total. The van der Waals surface area contributed by atoms with E-state index in [-0.39, 0.29) is 5.69 Å². The van der Waals surface area contributed by atoms with Crippen LogP contribution in [-0.4, -0.2) is 43.1 Å². The fourth-order valence-corrected chi connectivity index (χ4v) is 2.69. The molecule has 29 heavy (non-hydrogen) atoms. The van der Waals surface area contributed by atoms with Crippen molar-refractivity contribution in [2.24, 2.45) is 5.10 Å². The van der Waals surface area contributed by atoms with Gasteiger partial charge < -0.3 is 14.2 Å². The number of H-pyrrole nitrogens is 1. The molecule has 3 rings (SSSR count). The largest absolute Gasteiger partial charge is 0.497 e. The fourth-order valence-electron chi connectivity index (χ4n) is 2.69. The number of ether oxygens (including phenoxy) is 3. The number of benzene rings is 2. The Morgan fingerprint density at radius 3 is 2.72 bits per heavy atom. The normalized spacial score (nSPS) is 10.7. The molecule has 0 aliphatic heterocycles. The third-order valence-corrected chi connectivity index (χ3v) is 4.09. The number of carbonyl (C=O) groups is 1. The SMILES string of the molecule is CCOc1ccccc1C=NNC(=O)c1cc(-c2cc(OC)ccc2OC)n[nH]1. The number of nitrogens with zero attached hydrogens (tertiary/aromatic N) is 2. The molecule has 0 spiro atoms. The lowest BCUT2D eigenvalue weighted by Gasteiger charge is -2.08. The van der Waals surface area contributed by atoms with Crippen molar-refractivity contribution in [1.29, 1.82) is 0 Å². The van der Waals surface area contributed by atoms with Gasteiger partial charge in [0, 0.05) is 11.1 Å². The maximum atomic E-state index is 12.4. The summed E-state index contributed by atoms with van der Waals surface area (Å²) < 4.78 is 16.1. The van der Waals surface area contributed by atoms with E-state index in [1.165, 1.54) is 6.21 Å². The van der Waals surface area contributed by atoms with Crippen LogP contribution in [0.3, 0.4) is 0 Å². The van der Waals surface area contributed by atoms with Gasteiger partial charge in [-0.25, -0.2) is 5.43 Å². The molecule has 0 unspecified atom stereocenters. The predicted molar refractivity (Wildman–Crippen MR) is 110 cm³/mol. The van der Waals surface area contributed by atoms with Crippen molar-refractivity contribution in [2.45, 2.75) is 6.92 Å². The highest BCUT2D eigenvalue weighted by Crippen LogP contribution is 2.32. The molecule has 0 saturated carbocycles. The van der Waals surface area contributed by atoms with Crippen molar-refractivity contribution >= 4 is 12.1 Å². The van der Waals surface area contributed by atoms with E-state index < -0.39 is 5.91 Å². The van der Waals surface area contributed by atoms with Gasteiger partial charge in [-0.2, -0.15) is 10.2 Å². The van der Waals surface area contributed by atoms with E-state index in [4.69, 9.17) is 14.2 Å². The van der Waals surface area contributed by atoms with Crippen molar-refractivity contribution in [1.82, 2.24) is 15.6 Å². The quantitative estimate of drug-likeness (QED) is 0.451. The third-order valence-electron chi connectivity index (χ3n) is 4.09. The van der Waals surface area contributed by atoms with Gasteiger partial charge in [-0.05, 0) is 43.3 Å². The van der Waals surface area contributed by atoms with E-state index in [1.807, 2.05) is 31.2 Å².